The van der Waals surface area contributed by atoms with E-state index in [2.05, 4.69) is 20.8 Å². The molecule has 1 heterocycles. The molecule has 2 amide bonds. The fourth-order valence-corrected chi connectivity index (χ4v) is 3.06. The first-order valence-corrected chi connectivity index (χ1v) is 9.24. The van der Waals surface area contributed by atoms with E-state index in [1.807, 2.05) is 0 Å². The molecule has 0 spiro atoms. The van der Waals surface area contributed by atoms with Crippen LogP contribution in [-0.4, -0.2) is 28.0 Å². The highest BCUT2D eigenvalue weighted by molar-refractivity contribution is 5.89. The van der Waals surface area contributed by atoms with Gasteiger partial charge in [-0.15, -0.1) is 0 Å². The van der Waals surface area contributed by atoms with E-state index in [9.17, 15) is 9.59 Å². The molecular formula is C19H24N4O4. The number of nitrogens with zero attached hydrogens (tertiary/aromatic N) is 2. The molecule has 1 aromatic carbocycles. The SMILES string of the molecule is CC(=O)Nc1ccc(OCc2noc(C(=O)NC3CCCCCC3)n2)cc1. The van der Waals surface area contributed by atoms with Gasteiger partial charge in [-0.05, 0) is 37.1 Å². The molecule has 0 radical (unpaired) electrons. The summed E-state index contributed by atoms with van der Waals surface area (Å²) in [6, 6.07) is 7.10. The van der Waals surface area contributed by atoms with Crippen molar-refractivity contribution in [2.24, 2.45) is 0 Å². The largest absolute Gasteiger partial charge is 0.485 e. The van der Waals surface area contributed by atoms with Crippen LogP contribution in [0.5, 0.6) is 5.75 Å². The minimum Gasteiger partial charge on any atom is -0.485 e. The molecule has 1 fully saturated rings. The molecule has 27 heavy (non-hydrogen) atoms. The van der Waals surface area contributed by atoms with Crippen molar-refractivity contribution in [3.63, 3.8) is 0 Å². The summed E-state index contributed by atoms with van der Waals surface area (Å²) in [6.45, 7) is 1.53. The van der Waals surface area contributed by atoms with E-state index in [4.69, 9.17) is 9.26 Å². The highest BCUT2D eigenvalue weighted by atomic mass is 16.5. The van der Waals surface area contributed by atoms with E-state index in [1.165, 1.54) is 19.8 Å². The van der Waals surface area contributed by atoms with Gasteiger partial charge in [-0.3, -0.25) is 9.59 Å². The molecule has 8 nitrogen and oxygen atoms in total. The minimum atomic E-state index is -0.333. The van der Waals surface area contributed by atoms with Crippen LogP contribution < -0.4 is 15.4 Å². The lowest BCUT2D eigenvalue weighted by molar-refractivity contribution is -0.114. The predicted octanol–water partition coefficient (Wildman–Crippen LogP) is 3.06. The van der Waals surface area contributed by atoms with Crippen LogP contribution >= 0.6 is 0 Å². The molecule has 0 unspecified atom stereocenters. The first-order valence-electron chi connectivity index (χ1n) is 9.24. The van der Waals surface area contributed by atoms with Gasteiger partial charge < -0.3 is 19.9 Å². The van der Waals surface area contributed by atoms with E-state index in [0.29, 0.717) is 17.3 Å². The van der Waals surface area contributed by atoms with Crippen molar-refractivity contribution in [1.29, 1.82) is 0 Å². The normalized spacial score (nSPS) is 15.0. The van der Waals surface area contributed by atoms with E-state index in [1.54, 1.807) is 24.3 Å². The summed E-state index contributed by atoms with van der Waals surface area (Å²) in [5, 5.41) is 9.45. The smallest absolute Gasteiger partial charge is 0.316 e. The summed E-state index contributed by atoms with van der Waals surface area (Å²) < 4.78 is 10.6. The summed E-state index contributed by atoms with van der Waals surface area (Å²) in [6.07, 6.45) is 6.69. The number of anilines is 1. The fourth-order valence-electron chi connectivity index (χ4n) is 3.06. The van der Waals surface area contributed by atoms with E-state index in [0.717, 1.165) is 25.7 Å². The van der Waals surface area contributed by atoms with Crippen LogP contribution in [0, 0.1) is 0 Å². The number of nitrogens with one attached hydrogen (secondary N) is 2. The molecule has 1 aliphatic carbocycles. The third-order valence-corrected chi connectivity index (χ3v) is 4.40. The molecule has 3 rings (SSSR count). The molecule has 2 aromatic rings. The summed E-state index contributed by atoms with van der Waals surface area (Å²) in [4.78, 5) is 27.4. The van der Waals surface area contributed by atoms with Crippen LogP contribution in [0.2, 0.25) is 0 Å². The number of rotatable bonds is 6. The lowest BCUT2D eigenvalue weighted by Crippen LogP contribution is -2.34. The maximum Gasteiger partial charge on any atom is 0.316 e. The van der Waals surface area contributed by atoms with Crippen LogP contribution in [0.4, 0.5) is 5.69 Å². The second kappa shape index (κ2) is 9.16. The second-order valence-corrected chi connectivity index (χ2v) is 6.67. The lowest BCUT2D eigenvalue weighted by atomic mass is 10.1. The summed E-state index contributed by atoms with van der Waals surface area (Å²) >= 11 is 0. The van der Waals surface area contributed by atoms with E-state index < -0.39 is 0 Å². The van der Waals surface area contributed by atoms with Crippen LogP contribution in [0.15, 0.2) is 28.8 Å². The molecular weight excluding hydrogens is 348 g/mol. The van der Waals surface area contributed by atoms with Crippen molar-refractivity contribution in [2.45, 2.75) is 58.1 Å². The summed E-state index contributed by atoms with van der Waals surface area (Å²) in [5.41, 5.74) is 0.687. The maximum atomic E-state index is 12.3. The Bertz CT molecular complexity index is 764. The van der Waals surface area contributed by atoms with Gasteiger partial charge in [0, 0.05) is 18.7 Å². The van der Waals surface area contributed by atoms with E-state index in [-0.39, 0.29) is 30.4 Å². The van der Waals surface area contributed by atoms with Crippen molar-refractivity contribution in [3.8, 4) is 5.75 Å². The standard InChI is InChI=1S/C19H24N4O4/c1-13(24)20-15-8-10-16(11-9-15)26-12-17-22-19(27-23-17)18(25)21-14-6-4-2-3-5-7-14/h8-11,14H,2-7,12H2,1H3,(H,20,24)(H,21,25). The molecule has 144 valence electrons. The molecule has 0 atom stereocenters. The third kappa shape index (κ3) is 5.80. The highest BCUT2D eigenvalue weighted by Gasteiger charge is 2.20. The Morgan fingerprint density at radius 1 is 1.15 bits per heavy atom. The number of carbonyl (C=O) groups excluding carboxylic acids is 2. The minimum absolute atomic E-state index is 0.0427. The van der Waals surface area contributed by atoms with Crippen molar-refractivity contribution < 1.29 is 18.8 Å². The predicted molar refractivity (Wildman–Crippen MR) is 98.3 cm³/mol. The Labute approximate surface area is 157 Å². The molecule has 2 N–H and O–H groups in total. The second-order valence-electron chi connectivity index (χ2n) is 6.67. The number of benzene rings is 1. The molecule has 0 aliphatic heterocycles. The molecule has 1 aliphatic rings. The molecule has 8 heteroatoms. The Morgan fingerprint density at radius 2 is 1.85 bits per heavy atom. The van der Waals surface area contributed by atoms with Crippen LogP contribution in [-0.2, 0) is 11.4 Å². The van der Waals surface area contributed by atoms with Gasteiger partial charge >= 0.3 is 11.8 Å². The number of ether oxygens (including phenoxy) is 1. The summed E-state index contributed by atoms with van der Waals surface area (Å²) in [5.74, 6) is 0.384. The van der Waals surface area contributed by atoms with Gasteiger partial charge in [-0.25, -0.2) is 0 Å². The van der Waals surface area contributed by atoms with Crippen LogP contribution in [0.1, 0.15) is 62.0 Å². The van der Waals surface area contributed by atoms with E-state index >= 15 is 0 Å². The van der Waals surface area contributed by atoms with Crippen LogP contribution in [0.3, 0.4) is 0 Å². The third-order valence-electron chi connectivity index (χ3n) is 4.40. The maximum absolute atomic E-state index is 12.3. The fraction of sp³-hybridized carbons (Fsp3) is 0.474. The monoisotopic (exact) mass is 372 g/mol. The molecule has 0 bridgehead atoms. The van der Waals surface area contributed by atoms with Gasteiger partial charge in [0.25, 0.3) is 0 Å². The average molecular weight is 372 g/mol. The van der Waals surface area contributed by atoms with Gasteiger partial charge in [-0.1, -0.05) is 30.8 Å². The molecule has 1 aromatic heterocycles. The number of amides is 2. The number of hydrogen-bond acceptors (Lipinski definition) is 6. The zero-order chi connectivity index (χ0) is 19.1. The molecule has 0 saturated heterocycles. The van der Waals surface area contributed by atoms with Gasteiger partial charge in [0.2, 0.25) is 11.7 Å². The zero-order valence-electron chi connectivity index (χ0n) is 15.4. The summed E-state index contributed by atoms with van der Waals surface area (Å²) in [7, 11) is 0. The Hall–Kier alpha value is -2.90. The Morgan fingerprint density at radius 3 is 2.52 bits per heavy atom. The Balaban J connectivity index is 1.50. The van der Waals surface area contributed by atoms with Gasteiger partial charge in [-0.2, -0.15) is 4.98 Å². The topological polar surface area (TPSA) is 106 Å². The van der Waals surface area contributed by atoms with Crippen molar-refractivity contribution in [2.75, 3.05) is 5.32 Å². The highest BCUT2D eigenvalue weighted by Crippen LogP contribution is 2.18. The quantitative estimate of drug-likeness (QED) is 0.755. The van der Waals surface area contributed by atoms with Crippen molar-refractivity contribution >= 4 is 17.5 Å². The average Bonchev–Trinajstić information content (AvgIpc) is 2.98. The number of hydrogen-bond donors (Lipinski definition) is 2. The Kier molecular flexibility index (Phi) is 6.40. The van der Waals surface area contributed by atoms with Crippen molar-refractivity contribution in [3.05, 3.63) is 36.0 Å². The lowest BCUT2D eigenvalue weighted by Gasteiger charge is -2.14. The number of aromatic nitrogens is 2. The van der Waals surface area contributed by atoms with Crippen LogP contribution in [0.25, 0.3) is 0 Å². The first kappa shape index (κ1) is 18.9. The van der Waals surface area contributed by atoms with Gasteiger partial charge in [0.15, 0.2) is 6.61 Å². The van der Waals surface area contributed by atoms with Gasteiger partial charge in [0.1, 0.15) is 5.75 Å². The zero-order valence-corrected chi connectivity index (χ0v) is 15.4. The molecule has 1 saturated carbocycles. The first-order chi connectivity index (χ1) is 13.1. The number of carbonyl (C=O) groups is 2. The van der Waals surface area contributed by atoms with Gasteiger partial charge in [0.05, 0.1) is 0 Å². The van der Waals surface area contributed by atoms with Crippen molar-refractivity contribution in [1.82, 2.24) is 15.5 Å².